The van der Waals surface area contributed by atoms with Crippen LogP contribution in [0.5, 0.6) is 0 Å². The van der Waals surface area contributed by atoms with Crippen molar-refractivity contribution in [2.45, 2.75) is 9.79 Å². The Balaban J connectivity index is 1.69. The SMILES string of the molecule is O=S(=O)(c1ccc(N2CCNCC2)cc1)c1c[nH]c2cc(Cl)ccc12. The van der Waals surface area contributed by atoms with Crippen molar-refractivity contribution in [3.8, 4) is 0 Å². The first-order valence-corrected chi connectivity index (χ1v) is 9.99. The lowest BCUT2D eigenvalue weighted by molar-refractivity contribution is 0.588. The molecule has 2 N–H and O–H groups in total. The van der Waals surface area contributed by atoms with Crippen molar-refractivity contribution in [2.75, 3.05) is 31.1 Å². The van der Waals surface area contributed by atoms with Crippen molar-refractivity contribution in [1.82, 2.24) is 10.3 Å². The largest absolute Gasteiger partial charge is 0.369 e. The molecule has 1 aliphatic heterocycles. The number of fused-ring (bicyclic) bond motifs is 1. The monoisotopic (exact) mass is 375 g/mol. The van der Waals surface area contributed by atoms with Crippen molar-refractivity contribution in [3.63, 3.8) is 0 Å². The van der Waals surface area contributed by atoms with Gasteiger partial charge in [-0.15, -0.1) is 0 Å². The predicted molar refractivity (Wildman–Crippen MR) is 100 cm³/mol. The molecule has 2 aromatic carbocycles. The summed E-state index contributed by atoms with van der Waals surface area (Å²) >= 11 is 5.97. The molecule has 0 amide bonds. The van der Waals surface area contributed by atoms with Crippen LogP contribution in [-0.4, -0.2) is 39.6 Å². The quantitative estimate of drug-likeness (QED) is 0.738. The third kappa shape index (κ3) is 3.01. The molecule has 1 saturated heterocycles. The van der Waals surface area contributed by atoms with E-state index in [1.54, 1.807) is 30.3 Å². The first kappa shape index (κ1) is 16.4. The van der Waals surface area contributed by atoms with Gasteiger partial charge in [-0.25, -0.2) is 8.42 Å². The van der Waals surface area contributed by atoms with Gasteiger partial charge in [0.1, 0.15) is 0 Å². The minimum atomic E-state index is -3.59. The molecular formula is C18H18ClN3O2S. The molecule has 25 heavy (non-hydrogen) atoms. The Hall–Kier alpha value is -2.02. The lowest BCUT2D eigenvalue weighted by Gasteiger charge is -2.29. The first-order chi connectivity index (χ1) is 12.1. The number of hydrogen-bond acceptors (Lipinski definition) is 4. The van der Waals surface area contributed by atoms with Crippen LogP contribution in [0.4, 0.5) is 5.69 Å². The van der Waals surface area contributed by atoms with Gasteiger partial charge in [0.2, 0.25) is 9.84 Å². The minimum absolute atomic E-state index is 0.272. The number of aromatic amines is 1. The molecule has 0 unspecified atom stereocenters. The third-order valence-electron chi connectivity index (χ3n) is 4.52. The first-order valence-electron chi connectivity index (χ1n) is 8.13. The molecule has 7 heteroatoms. The Morgan fingerprint density at radius 3 is 2.44 bits per heavy atom. The van der Waals surface area contributed by atoms with E-state index in [2.05, 4.69) is 15.2 Å². The summed E-state index contributed by atoms with van der Waals surface area (Å²) in [5.41, 5.74) is 1.76. The molecule has 0 spiro atoms. The number of benzene rings is 2. The summed E-state index contributed by atoms with van der Waals surface area (Å²) in [6.07, 6.45) is 1.53. The molecule has 0 atom stereocenters. The van der Waals surface area contributed by atoms with Gasteiger partial charge < -0.3 is 15.2 Å². The zero-order chi connectivity index (χ0) is 17.4. The number of anilines is 1. The van der Waals surface area contributed by atoms with E-state index in [9.17, 15) is 8.42 Å². The number of piperazine rings is 1. The number of nitrogens with zero attached hydrogens (tertiary/aromatic N) is 1. The Morgan fingerprint density at radius 2 is 1.72 bits per heavy atom. The second-order valence-corrected chi connectivity index (χ2v) is 8.43. The van der Waals surface area contributed by atoms with Crippen molar-refractivity contribution >= 4 is 38.0 Å². The number of aromatic nitrogens is 1. The number of H-pyrrole nitrogens is 1. The Morgan fingerprint density at radius 1 is 1.00 bits per heavy atom. The summed E-state index contributed by atoms with van der Waals surface area (Å²) in [7, 11) is -3.59. The molecule has 0 bridgehead atoms. The van der Waals surface area contributed by atoms with E-state index >= 15 is 0 Å². The smallest absolute Gasteiger partial charge is 0.208 e. The van der Waals surface area contributed by atoms with Crippen LogP contribution in [0.25, 0.3) is 10.9 Å². The normalized spacial score (nSPS) is 15.6. The van der Waals surface area contributed by atoms with E-state index in [1.807, 2.05) is 12.1 Å². The van der Waals surface area contributed by atoms with Crippen molar-refractivity contribution in [1.29, 1.82) is 0 Å². The highest BCUT2D eigenvalue weighted by molar-refractivity contribution is 7.91. The fourth-order valence-electron chi connectivity index (χ4n) is 3.18. The van der Waals surface area contributed by atoms with Crippen LogP contribution < -0.4 is 10.2 Å². The molecule has 0 radical (unpaired) electrons. The molecule has 1 aliphatic rings. The maximum absolute atomic E-state index is 13.0. The Bertz CT molecular complexity index is 1010. The average Bonchev–Trinajstić information content (AvgIpc) is 3.06. The van der Waals surface area contributed by atoms with Crippen LogP contribution in [0, 0.1) is 0 Å². The lowest BCUT2D eigenvalue weighted by atomic mass is 10.2. The van der Waals surface area contributed by atoms with Crippen LogP contribution in [0.2, 0.25) is 5.02 Å². The average molecular weight is 376 g/mol. The Labute approximate surface area is 151 Å². The van der Waals surface area contributed by atoms with Gasteiger partial charge in [-0.05, 0) is 36.4 Å². The van der Waals surface area contributed by atoms with Crippen molar-refractivity contribution < 1.29 is 8.42 Å². The second-order valence-electron chi connectivity index (χ2n) is 6.08. The zero-order valence-corrected chi connectivity index (χ0v) is 15.1. The van der Waals surface area contributed by atoms with Crippen LogP contribution in [0.15, 0.2) is 58.5 Å². The maximum Gasteiger partial charge on any atom is 0.208 e. The van der Waals surface area contributed by atoms with Crippen molar-refractivity contribution in [3.05, 3.63) is 53.7 Å². The zero-order valence-electron chi connectivity index (χ0n) is 13.5. The maximum atomic E-state index is 13.0. The topological polar surface area (TPSA) is 65.2 Å². The van der Waals surface area contributed by atoms with Crippen LogP contribution >= 0.6 is 11.6 Å². The van der Waals surface area contributed by atoms with Gasteiger partial charge in [-0.2, -0.15) is 0 Å². The van der Waals surface area contributed by atoms with E-state index in [1.165, 1.54) is 6.20 Å². The molecule has 3 aromatic rings. The number of sulfone groups is 1. The summed E-state index contributed by atoms with van der Waals surface area (Å²) in [5.74, 6) is 0. The van der Waals surface area contributed by atoms with Crippen LogP contribution in [-0.2, 0) is 9.84 Å². The van der Waals surface area contributed by atoms with E-state index < -0.39 is 9.84 Å². The molecule has 0 aliphatic carbocycles. The van der Waals surface area contributed by atoms with E-state index in [0.717, 1.165) is 31.9 Å². The van der Waals surface area contributed by atoms with Gasteiger partial charge in [-0.3, -0.25) is 0 Å². The number of hydrogen-bond donors (Lipinski definition) is 2. The second kappa shape index (κ2) is 6.37. The highest BCUT2D eigenvalue weighted by Crippen LogP contribution is 2.30. The van der Waals surface area contributed by atoms with Crippen LogP contribution in [0.1, 0.15) is 0 Å². The van der Waals surface area contributed by atoms with Crippen molar-refractivity contribution in [2.24, 2.45) is 0 Å². The summed E-state index contributed by atoms with van der Waals surface area (Å²) in [5, 5.41) is 4.53. The molecule has 2 heterocycles. The highest BCUT2D eigenvalue weighted by atomic mass is 35.5. The van der Waals surface area contributed by atoms with E-state index in [-0.39, 0.29) is 4.90 Å². The number of nitrogens with one attached hydrogen (secondary N) is 2. The van der Waals surface area contributed by atoms with Crippen LogP contribution in [0.3, 0.4) is 0 Å². The molecule has 4 rings (SSSR count). The van der Waals surface area contributed by atoms with Gasteiger partial charge in [0.15, 0.2) is 0 Å². The van der Waals surface area contributed by atoms with E-state index in [0.29, 0.717) is 20.8 Å². The van der Waals surface area contributed by atoms with Gasteiger partial charge in [0, 0.05) is 54.0 Å². The summed E-state index contributed by atoms with van der Waals surface area (Å²) < 4.78 is 26.0. The van der Waals surface area contributed by atoms with Gasteiger partial charge in [0.05, 0.1) is 9.79 Å². The summed E-state index contributed by atoms with van der Waals surface area (Å²) in [4.78, 5) is 5.81. The number of halogens is 1. The van der Waals surface area contributed by atoms with Gasteiger partial charge in [0.25, 0.3) is 0 Å². The third-order valence-corrected chi connectivity index (χ3v) is 6.57. The van der Waals surface area contributed by atoms with E-state index in [4.69, 9.17) is 11.6 Å². The van der Waals surface area contributed by atoms with Gasteiger partial charge in [-0.1, -0.05) is 17.7 Å². The molecular weight excluding hydrogens is 358 g/mol. The molecule has 1 fully saturated rings. The molecule has 0 saturated carbocycles. The Kier molecular flexibility index (Phi) is 4.19. The highest BCUT2D eigenvalue weighted by Gasteiger charge is 2.22. The standard InChI is InChI=1S/C18H18ClN3O2S/c19-13-1-6-16-17(11-13)21-12-18(16)25(23,24)15-4-2-14(3-5-15)22-9-7-20-8-10-22/h1-6,11-12,20-21H,7-10H2. The molecule has 1 aromatic heterocycles. The fourth-order valence-corrected chi connectivity index (χ4v) is 4.78. The van der Waals surface area contributed by atoms with Gasteiger partial charge >= 0.3 is 0 Å². The fraction of sp³-hybridized carbons (Fsp3) is 0.222. The summed E-state index contributed by atoms with van der Waals surface area (Å²) in [6.45, 7) is 3.74. The minimum Gasteiger partial charge on any atom is -0.369 e. The summed E-state index contributed by atoms with van der Waals surface area (Å²) in [6, 6.07) is 12.3. The number of rotatable bonds is 3. The predicted octanol–water partition coefficient (Wildman–Crippen LogP) is 3.06. The molecule has 130 valence electrons. The lowest BCUT2D eigenvalue weighted by Crippen LogP contribution is -2.43. The molecule has 5 nitrogen and oxygen atoms in total.